The molecule has 2 aromatic rings. The van der Waals surface area contributed by atoms with Crippen LogP contribution in [0.3, 0.4) is 0 Å². The van der Waals surface area contributed by atoms with Gasteiger partial charge in [0.05, 0.1) is 25.1 Å². The number of hydrogen-bond acceptors (Lipinski definition) is 6. The van der Waals surface area contributed by atoms with E-state index in [1.165, 1.54) is 6.07 Å². The SMILES string of the molecule is O=C(Nc1cnc(Nc2cccc(Cl)c2)nc1C(F)(F)F)OC1CCOCC1. The third-order valence-corrected chi connectivity index (χ3v) is 4.05. The van der Waals surface area contributed by atoms with Crippen LogP contribution in [0.4, 0.5) is 35.3 Å². The number of halogens is 4. The summed E-state index contributed by atoms with van der Waals surface area (Å²) in [5, 5.41) is 5.11. The van der Waals surface area contributed by atoms with E-state index >= 15 is 0 Å². The highest BCUT2D eigenvalue weighted by Crippen LogP contribution is 2.34. The molecule has 1 amide bonds. The summed E-state index contributed by atoms with van der Waals surface area (Å²) in [5.74, 6) is -0.294. The molecule has 11 heteroatoms. The molecule has 1 aliphatic rings. The van der Waals surface area contributed by atoms with Crippen LogP contribution in [-0.2, 0) is 15.7 Å². The Morgan fingerprint density at radius 1 is 1.29 bits per heavy atom. The standard InChI is InChI=1S/C17H16ClF3N4O3/c18-10-2-1-3-11(8-10)23-15-22-9-13(14(25-15)17(19,20)21)24-16(26)28-12-4-6-27-7-5-12/h1-3,8-9,12H,4-7H2,(H,24,26)(H,22,23,25). The number of aromatic nitrogens is 2. The molecule has 0 bridgehead atoms. The molecule has 0 radical (unpaired) electrons. The third-order valence-electron chi connectivity index (χ3n) is 3.82. The van der Waals surface area contributed by atoms with Crippen molar-refractivity contribution in [2.75, 3.05) is 23.8 Å². The van der Waals surface area contributed by atoms with Crippen molar-refractivity contribution >= 4 is 35.0 Å². The second kappa shape index (κ2) is 8.61. The molecule has 1 fully saturated rings. The molecule has 2 N–H and O–H groups in total. The lowest BCUT2D eigenvalue weighted by atomic mass is 10.2. The average molecular weight is 417 g/mol. The number of carbonyl (C=O) groups is 1. The molecule has 1 aromatic carbocycles. The Balaban J connectivity index is 1.76. The van der Waals surface area contributed by atoms with Gasteiger partial charge in [0.15, 0.2) is 5.69 Å². The van der Waals surface area contributed by atoms with Gasteiger partial charge in [0, 0.05) is 23.6 Å². The molecular formula is C17H16ClF3N4O3. The van der Waals surface area contributed by atoms with Gasteiger partial charge in [0.2, 0.25) is 5.95 Å². The molecule has 1 saturated heterocycles. The summed E-state index contributed by atoms with van der Waals surface area (Å²) in [6.07, 6.45) is -4.38. The summed E-state index contributed by atoms with van der Waals surface area (Å²) in [6.45, 7) is 0.859. The Morgan fingerprint density at radius 2 is 2.04 bits per heavy atom. The van der Waals surface area contributed by atoms with Crippen LogP contribution in [0, 0.1) is 0 Å². The molecule has 0 atom stereocenters. The van der Waals surface area contributed by atoms with Crippen molar-refractivity contribution in [3.63, 3.8) is 0 Å². The van der Waals surface area contributed by atoms with Gasteiger partial charge in [-0.2, -0.15) is 13.2 Å². The van der Waals surface area contributed by atoms with Gasteiger partial charge in [-0.25, -0.2) is 14.8 Å². The maximum atomic E-state index is 13.4. The Kier molecular flexibility index (Phi) is 6.20. The van der Waals surface area contributed by atoms with Crippen molar-refractivity contribution in [1.82, 2.24) is 9.97 Å². The predicted octanol–water partition coefficient (Wildman–Crippen LogP) is 4.62. The topological polar surface area (TPSA) is 85.4 Å². The summed E-state index contributed by atoms with van der Waals surface area (Å²) in [4.78, 5) is 19.3. The minimum atomic E-state index is -4.81. The fourth-order valence-corrected chi connectivity index (χ4v) is 2.72. The van der Waals surface area contributed by atoms with Crippen LogP contribution in [0.25, 0.3) is 0 Å². The number of nitrogens with zero attached hydrogens (tertiary/aromatic N) is 2. The van der Waals surface area contributed by atoms with Crippen molar-refractivity contribution in [1.29, 1.82) is 0 Å². The number of rotatable bonds is 4. The van der Waals surface area contributed by atoms with Gasteiger partial charge in [-0.15, -0.1) is 0 Å². The van der Waals surface area contributed by atoms with Gasteiger partial charge in [-0.1, -0.05) is 17.7 Å². The van der Waals surface area contributed by atoms with Crippen LogP contribution in [-0.4, -0.2) is 35.4 Å². The van der Waals surface area contributed by atoms with Crippen molar-refractivity contribution in [2.45, 2.75) is 25.1 Å². The van der Waals surface area contributed by atoms with Gasteiger partial charge >= 0.3 is 12.3 Å². The smallest absolute Gasteiger partial charge is 0.435 e. The summed E-state index contributed by atoms with van der Waals surface area (Å²) < 4.78 is 50.4. The molecule has 28 heavy (non-hydrogen) atoms. The number of nitrogens with one attached hydrogen (secondary N) is 2. The van der Waals surface area contributed by atoms with Crippen LogP contribution in [0.15, 0.2) is 30.5 Å². The molecule has 3 rings (SSSR count). The first-order chi connectivity index (χ1) is 13.3. The van der Waals surface area contributed by atoms with Gasteiger partial charge < -0.3 is 14.8 Å². The highest BCUT2D eigenvalue weighted by molar-refractivity contribution is 6.30. The largest absolute Gasteiger partial charge is 0.446 e. The molecule has 2 heterocycles. The van der Waals surface area contributed by atoms with Gasteiger partial charge in [0.1, 0.15) is 6.10 Å². The van der Waals surface area contributed by atoms with E-state index in [0.717, 1.165) is 6.20 Å². The Morgan fingerprint density at radius 3 is 2.71 bits per heavy atom. The third kappa shape index (κ3) is 5.46. The Labute approximate surface area is 163 Å². The fourth-order valence-electron chi connectivity index (χ4n) is 2.53. The monoisotopic (exact) mass is 416 g/mol. The molecule has 0 saturated carbocycles. The molecule has 0 aliphatic carbocycles. The number of benzene rings is 1. The van der Waals surface area contributed by atoms with Gasteiger partial charge in [0.25, 0.3) is 0 Å². The normalized spacial score (nSPS) is 15.1. The minimum Gasteiger partial charge on any atom is -0.446 e. The molecular weight excluding hydrogens is 401 g/mol. The van der Waals surface area contributed by atoms with Crippen molar-refractivity contribution in [3.8, 4) is 0 Å². The average Bonchev–Trinajstić information content (AvgIpc) is 2.63. The van der Waals surface area contributed by atoms with Crippen LogP contribution >= 0.6 is 11.6 Å². The maximum Gasteiger partial charge on any atom is 0.435 e. The number of hydrogen-bond donors (Lipinski definition) is 2. The maximum absolute atomic E-state index is 13.4. The first-order valence-corrected chi connectivity index (χ1v) is 8.71. The number of alkyl halides is 3. The summed E-state index contributed by atoms with van der Waals surface area (Å²) in [5.41, 5.74) is -1.47. The zero-order valence-corrected chi connectivity index (χ0v) is 15.2. The lowest BCUT2D eigenvalue weighted by Gasteiger charge is -2.22. The van der Waals surface area contributed by atoms with Crippen molar-refractivity contribution in [2.24, 2.45) is 0 Å². The first kappa shape index (κ1) is 20.2. The Hall–Kier alpha value is -2.59. The second-order valence-electron chi connectivity index (χ2n) is 5.93. The van der Waals surface area contributed by atoms with E-state index < -0.39 is 29.8 Å². The molecule has 1 aliphatic heterocycles. The predicted molar refractivity (Wildman–Crippen MR) is 95.7 cm³/mol. The van der Waals surface area contributed by atoms with E-state index in [1.807, 2.05) is 0 Å². The zero-order chi connectivity index (χ0) is 20.1. The second-order valence-corrected chi connectivity index (χ2v) is 6.37. The lowest BCUT2D eigenvalue weighted by molar-refractivity contribution is -0.140. The van der Waals surface area contributed by atoms with E-state index in [2.05, 4.69) is 20.6 Å². The lowest BCUT2D eigenvalue weighted by Crippen LogP contribution is -2.29. The van der Waals surface area contributed by atoms with Crippen LogP contribution in [0.5, 0.6) is 0 Å². The van der Waals surface area contributed by atoms with Crippen molar-refractivity contribution < 1.29 is 27.4 Å². The van der Waals surface area contributed by atoms with Crippen LogP contribution < -0.4 is 10.6 Å². The molecule has 0 unspecified atom stereocenters. The summed E-state index contributed by atoms with van der Waals surface area (Å²) >= 11 is 5.85. The van der Waals surface area contributed by atoms with E-state index in [9.17, 15) is 18.0 Å². The Bertz CT molecular complexity index is 845. The number of carbonyl (C=O) groups excluding carboxylic acids is 1. The van der Waals surface area contributed by atoms with Gasteiger partial charge in [-0.05, 0) is 18.2 Å². The number of amides is 1. The minimum absolute atomic E-state index is 0.294. The summed E-state index contributed by atoms with van der Waals surface area (Å²) in [6, 6.07) is 6.35. The van der Waals surface area contributed by atoms with E-state index in [1.54, 1.807) is 18.2 Å². The molecule has 1 aromatic heterocycles. The molecule has 7 nitrogen and oxygen atoms in total. The number of ether oxygens (including phenoxy) is 2. The van der Waals surface area contributed by atoms with E-state index in [-0.39, 0.29) is 5.95 Å². The quantitative estimate of drug-likeness (QED) is 0.756. The van der Waals surface area contributed by atoms with E-state index in [0.29, 0.717) is 36.8 Å². The molecule has 150 valence electrons. The number of anilines is 3. The van der Waals surface area contributed by atoms with Crippen molar-refractivity contribution in [3.05, 3.63) is 41.2 Å². The fraction of sp³-hybridized carbons (Fsp3) is 0.353. The van der Waals surface area contributed by atoms with Gasteiger partial charge in [-0.3, -0.25) is 5.32 Å². The summed E-state index contributed by atoms with van der Waals surface area (Å²) in [7, 11) is 0. The molecule has 0 spiro atoms. The van der Waals surface area contributed by atoms with E-state index in [4.69, 9.17) is 21.1 Å². The van der Waals surface area contributed by atoms with Crippen LogP contribution in [0.1, 0.15) is 18.5 Å². The zero-order valence-electron chi connectivity index (χ0n) is 14.4. The highest BCUT2D eigenvalue weighted by atomic mass is 35.5. The first-order valence-electron chi connectivity index (χ1n) is 8.33. The van der Waals surface area contributed by atoms with Crippen LogP contribution in [0.2, 0.25) is 5.02 Å². The highest BCUT2D eigenvalue weighted by Gasteiger charge is 2.37.